The van der Waals surface area contributed by atoms with Crippen molar-refractivity contribution in [3.8, 4) is 0 Å². The summed E-state index contributed by atoms with van der Waals surface area (Å²) in [5.41, 5.74) is 7.86. The van der Waals surface area contributed by atoms with Gasteiger partial charge in [0, 0.05) is 20.4 Å². The molecule has 1 amide bonds. The summed E-state index contributed by atoms with van der Waals surface area (Å²) in [4.78, 5) is 16.2. The molecule has 146 valence electrons. The van der Waals surface area contributed by atoms with E-state index in [1.54, 1.807) is 60.0 Å². The molecule has 0 aliphatic rings. The number of hydrogen-bond donors (Lipinski definition) is 4. The lowest BCUT2D eigenvalue weighted by Gasteiger charge is -2.12. The molecule has 0 bridgehead atoms. The van der Waals surface area contributed by atoms with Crippen molar-refractivity contribution in [2.75, 3.05) is 24.1 Å². The fourth-order valence-electron chi connectivity index (χ4n) is 2.52. The Morgan fingerprint density at radius 1 is 1.25 bits per heavy atom. The molecule has 1 heterocycles. The molecule has 0 fully saturated rings. The highest BCUT2D eigenvalue weighted by atomic mass is 32.1. The first kappa shape index (κ1) is 16.2. The van der Waals surface area contributed by atoms with Gasteiger partial charge in [0.25, 0.3) is 0 Å². The number of aromatic nitrogens is 1. The number of rotatable bonds is 9. The summed E-state index contributed by atoms with van der Waals surface area (Å²) in [6.07, 6.45) is -1.78. The second kappa shape index (κ2) is 9.98. The molecule has 5 N–H and O–H groups in total. The van der Waals surface area contributed by atoms with Gasteiger partial charge < -0.3 is 21.5 Å². The number of anilines is 2. The zero-order valence-electron chi connectivity index (χ0n) is 18.2. The van der Waals surface area contributed by atoms with Crippen LogP contribution in [-0.4, -0.2) is 29.0 Å². The third kappa shape index (κ3) is 6.16. The summed E-state index contributed by atoms with van der Waals surface area (Å²) in [7, 11) is 0. The molecule has 0 saturated heterocycles. The van der Waals surface area contributed by atoms with Crippen LogP contribution in [0.4, 0.5) is 10.8 Å². The maximum Gasteiger partial charge on any atom is 0.230 e. The molecule has 28 heavy (non-hydrogen) atoms. The first-order valence-electron chi connectivity index (χ1n) is 10.2. The first-order valence-corrected chi connectivity index (χ1v) is 9.63. The minimum atomic E-state index is -1.94. The van der Waals surface area contributed by atoms with Crippen molar-refractivity contribution >= 4 is 28.1 Å². The third-order valence-electron chi connectivity index (χ3n) is 3.93. The van der Waals surface area contributed by atoms with Crippen LogP contribution in [0.5, 0.6) is 0 Å². The lowest BCUT2D eigenvalue weighted by molar-refractivity contribution is -0.115. The average molecular weight is 400 g/mol. The highest BCUT2D eigenvalue weighted by Gasteiger charge is 2.08. The van der Waals surface area contributed by atoms with Gasteiger partial charge in [0.05, 0.1) is 19.6 Å². The van der Waals surface area contributed by atoms with E-state index in [1.807, 2.05) is 0 Å². The SMILES string of the molecule is [2H]C([2H])(Cc1ccc(NC(=O)Cc2csc(N)n2)cc1)NC[C@]([2H])(O)c1ccccc1. The second-order valence-corrected chi connectivity index (χ2v) is 7.01. The molecule has 0 spiro atoms. The molecule has 7 heteroatoms. The van der Waals surface area contributed by atoms with Crippen LogP contribution in [0.15, 0.2) is 60.0 Å². The Kier molecular flexibility index (Phi) is 5.79. The number of carbonyl (C=O) groups excluding carboxylic acids is 1. The van der Waals surface area contributed by atoms with Gasteiger partial charge in [0.1, 0.15) is 0 Å². The van der Waals surface area contributed by atoms with E-state index in [9.17, 15) is 9.90 Å². The van der Waals surface area contributed by atoms with Gasteiger partial charge in [-0.15, -0.1) is 11.3 Å². The van der Waals surface area contributed by atoms with Crippen molar-refractivity contribution in [1.82, 2.24) is 10.3 Å². The number of nitrogen functional groups attached to an aromatic ring is 1. The van der Waals surface area contributed by atoms with Crippen LogP contribution in [0.1, 0.15) is 27.0 Å². The molecule has 0 aliphatic carbocycles. The number of benzene rings is 2. The third-order valence-corrected chi connectivity index (χ3v) is 4.65. The van der Waals surface area contributed by atoms with Crippen LogP contribution < -0.4 is 16.4 Å². The number of nitrogens with one attached hydrogen (secondary N) is 2. The number of carbonyl (C=O) groups is 1. The monoisotopic (exact) mass is 399 g/mol. The number of aliphatic hydroxyl groups is 1. The van der Waals surface area contributed by atoms with E-state index in [2.05, 4.69) is 15.6 Å². The lowest BCUT2D eigenvalue weighted by Crippen LogP contribution is -2.23. The summed E-state index contributed by atoms with van der Waals surface area (Å²) in [6, 6.07) is 15.3. The van der Waals surface area contributed by atoms with Crippen molar-refractivity contribution in [2.45, 2.75) is 18.9 Å². The number of amides is 1. The van der Waals surface area contributed by atoms with Crippen molar-refractivity contribution in [2.24, 2.45) is 0 Å². The largest absolute Gasteiger partial charge is 0.387 e. The van der Waals surface area contributed by atoms with Crippen LogP contribution in [0, 0.1) is 0 Å². The Hall–Kier alpha value is -2.74. The van der Waals surface area contributed by atoms with Crippen LogP contribution in [0.2, 0.25) is 0 Å². The number of nitrogens with zero attached hydrogens (tertiary/aromatic N) is 1. The van der Waals surface area contributed by atoms with Gasteiger partial charge in [0.15, 0.2) is 5.13 Å². The van der Waals surface area contributed by atoms with Crippen molar-refractivity contribution in [1.29, 1.82) is 0 Å². The normalized spacial score (nSPS) is 15.1. The average Bonchev–Trinajstić information content (AvgIpc) is 3.13. The van der Waals surface area contributed by atoms with Gasteiger partial charge in [0.2, 0.25) is 5.91 Å². The maximum absolute atomic E-state index is 12.1. The number of aryl methyl sites for hydroxylation is 1. The predicted molar refractivity (Wildman–Crippen MR) is 113 cm³/mol. The topological polar surface area (TPSA) is 100 Å². The first-order chi connectivity index (χ1) is 14.6. The molecule has 0 radical (unpaired) electrons. The molecule has 1 aromatic heterocycles. The van der Waals surface area contributed by atoms with E-state index < -0.39 is 12.6 Å². The number of thiazole rings is 1. The fraction of sp³-hybridized carbons (Fsp3) is 0.238. The fourth-order valence-corrected chi connectivity index (χ4v) is 3.09. The molecular formula is C21H24N4O2S. The molecule has 3 rings (SSSR count). The highest BCUT2D eigenvalue weighted by Crippen LogP contribution is 2.14. The Bertz CT molecular complexity index is 1010. The molecular weight excluding hydrogens is 372 g/mol. The van der Waals surface area contributed by atoms with Crippen molar-refractivity contribution < 1.29 is 14.0 Å². The predicted octanol–water partition coefficient (Wildman–Crippen LogP) is 2.77. The second-order valence-electron chi connectivity index (χ2n) is 6.12. The van der Waals surface area contributed by atoms with Gasteiger partial charge in [-0.3, -0.25) is 4.79 Å². The lowest BCUT2D eigenvalue weighted by atomic mass is 10.1. The van der Waals surface area contributed by atoms with Crippen LogP contribution in [-0.2, 0) is 17.6 Å². The molecule has 3 aromatic rings. The van der Waals surface area contributed by atoms with Gasteiger partial charge in [-0.2, -0.15) is 0 Å². The zero-order valence-corrected chi connectivity index (χ0v) is 16.0. The van der Waals surface area contributed by atoms with E-state index in [4.69, 9.17) is 9.85 Å². The van der Waals surface area contributed by atoms with Crippen LogP contribution in [0.25, 0.3) is 0 Å². The molecule has 1 atom stereocenters. The van der Waals surface area contributed by atoms with Crippen molar-refractivity contribution in [3.63, 3.8) is 0 Å². The zero-order chi connectivity index (χ0) is 22.5. The minimum absolute atomic E-state index is 0.0319. The molecule has 2 aromatic carbocycles. The van der Waals surface area contributed by atoms with Gasteiger partial charge in [-0.25, -0.2) is 4.98 Å². The van der Waals surface area contributed by atoms with Gasteiger partial charge in [-0.05, 0) is 36.2 Å². The quantitative estimate of drug-likeness (QED) is 0.443. The van der Waals surface area contributed by atoms with Crippen LogP contribution in [0.3, 0.4) is 0 Å². The Labute approximate surface area is 172 Å². The van der Waals surface area contributed by atoms with E-state index >= 15 is 0 Å². The summed E-state index contributed by atoms with van der Waals surface area (Å²) in [5, 5.41) is 17.9. The summed E-state index contributed by atoms with van der Waals surface area (Å²) in [6.45, 7) is -2.10. The number of hydrogen-bond acceptors (Lipinski definition) is 6. The van der Waals surface area contributed by atoms with Crippen LogP contribution >= 0.6 is 11.3 Å². The summed E-state index contributed by atoms with van der Waals surface area (Å²) in [5.74, 6) is -0.217. The maximum atomic E-state index is 12.1. The molecule has 0 aliphatic heterocycles. The molecule has 0 saturated carbocycles. The number of nitrogens with two attached hydrogens (primary N) is 1. The van der Waals surface area contributed by atoms with E-state index in [0.717, 1.165) is 0 Å². The Balaban J connectivity index is 1.52. The molecule has 0 unspecified atom stereocenters. The minimum Gasteiger partial charge on any atom is -0.387 e. The Morgan fingerprint density at radius 3 is 2.68 bits per heavy atom. The standard InChI is InChI=1S/C21H24N4O2S/c22-21-25-18(14-28-21)12-20(27)24-17-8-6-15(7-9-17)10-11-23-13-19(26)16-4-2-1-3-5-16/h1-9,14,19,23,26H,10-13H2,(H2,22,25)(H,24,27)/t19-/m0/s1/i11D2,19D. The van der Waals surface area contributed by atoms with Gasteiger partial charge >= 0.3 is 0 Å². The summed E-state index contributed by atoms with van der Waals surface area (Å²) >= 11 is 1.28. The highest BCUT2D eigenvalue weighted by molar-refractivity contribution is 7.13. The van der Waals surface area contributed by atoms with E-state index in [0.29, 0.717) is 27.6 Å². The summed E-state index contributed by atoms with van der Waals surface area (Å²) < 4.78 is 24.4. The van der Waals surface area contributed by atoms with E-state index in [-0.39, 0.29) is 25.3 Å². The molecule has 6 nitrogen and oxygen atoms in total. The smallest absolute Gasteiger partial charge is 0.230 e. The Morgan fingerprint density at radius 2 is 2.00 bits per heavy atom. The van der Waals surface area contributed by atoms with Crippen molar-refractivity contribution in [3.05, 3.63) is 76.8 Å². The van der Waals surface area contributed by atoms with Gasteiger partial charge in [-0.1, -0.05) is 42.5 Å². The van der Waals surface area contributed by atoms with E-state index in [1.165, 1.54) is 11.3 Å².